The van der Waals surface area contributed by atoms with E-state index in [1.807, 2.05) is 44.2 Å². The van der Waals surface area contributed by atoms with Gasteiger partial charge < -0.3 is 19.7 Å². The zero-order chi connectivity index (χ0) is 31.4. The molecule has 1 aromatic carbocycles. The van der Waals surface area contributed by atoms with Crippen LogP contribution in [0.25, 0.3) is 0 Å². The van der Waals surface area contributed by atoms with E-state index in [1.165, 1.54) is 25.4 Å². The van der Waals surface area contributed by atoms with Crippen LogP contribution in [-0.4, -0.2) is 59.9 Å². The molecule has 0 saturated carbocycles. The van der Waals surface area contributed by atoms with Crippen molar-refractivity contribution in [2.45, 2.75) is 91.8 Å². The molecule has 10 heteroatoms. The first-order chi connectivity index (χ1) is 19.9. The summed E-state index contributed by atoms with van der Waals surface area (Å²) in [7, 11) is 3.15. The maximum absolute atomic E-state index is 13.3. The Balaban J connectivity index is 2.25. The van der Waals surface area contributed by atoms with Gasteiger partial charge in [0.2, 0.25) is 5.91 Å². The second-order valence-electron chi connectivity index (χ2n) is 11.5. The Morgan fingerprint density at radius 2 is 1.71 bits per heavy atom. The summed E-state index contributed by atoms with van der Waals surface area (Å²) in [6.07, 6.45) is 1.96. The van der Waals surface area contributed by atoms with Gasteiger partial charge in [-0.05, 0) is 30.2 Å². The summed E-state index contributed by atoms with van der Waals surface area (Å²) in [5.74, 6) is -1.15. The van der Waals surface area contributed by atoms with Crippen molar-refractivity contribution >= 4 is 35.1 Å². The number of nitrogens with one attached hydrogen (secondary N) is 1. The van der Waals surface area contributed by atoms with Crippen molar-refractivity contribution in [3.8, 4) is 0 Å². The van der Waals surface area contributed by atoms with Gasteiger partial charge in [-0.1, -0.05) is 71.4 Å². The molecule has 1 aromatic heterocycles. The minimum absolute atomic E-state index is 0.0504. The van der Waals surface area contributed by atoms with Gasteiger partial charge in [0.25, 0.3) is 5.91 Å². The lowest BCUT2D eigenvalue weighted by atomic mass is 9.95. The Hall–Kier alpha value is -3.27. The van der Waals surface area contributed by atoms with Crippen molar-refractivity contribution < 1.29 is 28.7 Å². The first kappa shape index (κ1) is 34.9. The fourth-order valence-corrected chi connectivity index (χ4v) is 5.72. The van der Waals surface area contributed by atoms with Crippen LogP contribution in [0.5, 0.6) is 0 Å². The molecule has 0 spiro atoms. The predicted molar refractivity (Wildman–Crippen MR) is 164 cm³/mol. The number of hydrogen-bond donors (Lipinski definition) is 1. The quantitative estimate of drug-likeness (QED) is 0.249. The number of aromatic nitrogens is 1. The Kier molecular flexibility index (Phi) is 14.1. The Bertz CT molecular complexity index is 1170. The van der Waals surface area contributed by atoms with E-state index >= 15 is 0 Å². The molecule has 2 aromatic rings. The SMILES string of the molecule is CC[C@H](C)CC(=O)N(C)[C@H](C[C@@H](OC(C)=O)c1nc(C(=O)N[C@@H](Cc2ccccc2)C[C@H](C)C(=O)OC)cs1)C(C)C. The second-order valence-corrected chi connectivity index (χ2v) is 12.3. The third-order valence-electron chi connectivity index (χ3n) is 7.58. The summed E-state index contributed by atoms with van der Waals surface area (Å²) in [5, 5.41) is 5.17. The summed E-state index contributed by atoms with van der Waals surface area (Å²) in [4.78, 5) is 56.8. The molecule has 1 N–H and O–H groups in total. The van der Waals surface area contributed by atoms with Crippen molar-refractivity contribution in [2.24, 2.45) is 17.8 Å². The van der Waals surface area contributed by atoms with Gasteiger partial charge in [-0.25, -0.2) is 4.98 Å². The Morgan fingerprint density at radius 1 is 1.05 bits per heavy atom. The molecule has 0 bridgehead atoms. The number of thiazole rings is 1. The number of benzene rings is 1. The van der Waals surface area contributed by atoms with Crippen molar-refractivity contribution in [3.63, 3.8) is 0 Å². The number of rotatable bonds is 16. The van der Waals surface area contributed by atoms with Crippen molar-refractivity contribution in [1.29, 1.82) is 0 Å². The highest BCUT2D eigenvalue weighted by atomic mass is 32.1. The number of methoxy groups -OCH3 is 1. The van der Waals surface area contributed by atoms with Crippen molar-refractivity contribution in [1.82, 2.24) is 15.2 Å². The number of amides is 2. The molecule has 0 aliphatic rings. The Labute approximate surface area is 254 Å². The van der Waals surface area contributed by atoms with Gasteiger partial charge in [-0.3, -0.25) is 19.2 Å². The van der Waals surface area contributed by atoms with E-state index in [2.05, 4.69) is 24.1 Å². The molecule has 42 heavy (non-hydrogen) atoms. The van der Waals surface area contributed by atoms with Crippen molar-refractivity contribution in [3.05, 3.63) is 52.0 Å². The number of carbonyl (C=O) groups is 4. The molecule has 0 aliphatic heterocycles. The average Bonchev–Trinajstić information content (AvgIpc) is 3.45. The number of nitrogens with zero attached hydrogens (tertiary/aromatic N) is 2. The summed E-state index contributed by atoms with van der Waals surface area (Å²) < 4.78 is 10.6. The molecular weight excluding hydrogens is 554 g/mol. The molecule has 0 radical (unpaired) electrons. The monoisotopic (exact) mass is 601 g/mol. The summed E-state index contributed by atoms with van der Waals surface area (Å²) >= 11 is 1.24. The van der Waals surface area contributed by atoms with Gasteiger partial charge in [-0.2, -0.15) is 0 Å². The smallest absolute Gasteiger partial charge is 0.308 e. The van der Waals surface area contributed by atoms with Crippen LogP contribution in [0.15, 0.2) is 35.7 Å². The lowest BCUT2D eigenvalue weighted by molar-refractivity contribution is -0.148. The van der Waals surface area contributed by atoms with Gasteiger partial charge >= 0.3 is 11.9 Å². The topological polar surface area (TPSA) is 115 Å². The molecule has 0 aliphatic carbocycles. The second kappa shape index (κ2) is 17.0. The average molecular weight is 602 g/mol. The third-order valence-corrected chi connectivity index (χ3v) is 8.51. The lowest BCUT2D eigenvalue weighted by Gasteiger charge is -2.34. The van der Waals surface area contributed by atoms with Gasteiger partial charge in [0, 0.05) is 44.3 Å². The predicted octanol–water partition coefficient (Wildman–Crippen LogP) is 5.60. The molecule has 232 valence electrons. The molecule has 2 rings (SSSR count). The zero-order valence-electron chi connectivity index (χ0n) is 26.2. The highest BCUT2D eigenvalue weighted by molar-refractivity contribution is 7.09. The molecule has 5 atom stereocenters. The van der Waals surface area contributed by atoms with E-state index in [4.69, 9.17) is 9.47 Å². The van der Waals surface area contributed by atoms with E-state index in [-0.39, 0.29) is 47.4 Å². The van der Waals surface area contributed by atoms with Crippen LogP contribution in [-0.2, 0) is 30.3 Å². The first-order valence-electron chi connectivity index (χ1n) is 14.7. The van der Waals surface area contributed by atoms with Crippen LogP contribution in [0.2, 0.25) is 0 Å². The Morgan fingerprint density at radius 3 is 2.29 bits per heavy atom. The summed E-state index contributed by atoms with van der Waals surface area (Å²) in [6.45, 7) is 11.3. The molecule has 0 saturated heterocycles. The largest absolute Gasteiger partial charge is 0.469 e. The lowest BCUT2D eigenvalue weighted by Crippen LogP contribution is -2.42. The van der Waals surface area contributed by atoms with E-state index in [0.29, 0.717) is 30.7 Å². The van der Waals surface area contributed by atoms with E-state index in [9.17, 15) is 19.2 Å². The van der Waals surface area contributed by atoms with Gasteiger partial charge in [-0.15, -0.1) is 11.3 Å². The number of ether oxygens (including phenoxy) is 2. The van der Waals surface area contributed by atoms with Crippen LogP contribution in [0.3, 0.4) is 0 Å². The fraction of sp³-hybridized carbons (Fsp3) is 0.594. The number of hydrogen-bond acceptors (Lipinski definition) is 8. The van der Waals surface area contributed by atoms with Crippen molar-refractivity contribution in [2.75, 3.05) is 14.2 Å². The zero-order valence-corrected chi connectivity index (χ0v) is 27.0. The summed E-state index contributed by atoms with van der Waals surface area (Å²) in [6, 6.07) is 9.21. The van der Waals surface area contributed by atoms with E-state index in [1.54, 1.807) is 24.3 Å². The molecule has 0 fully saturated rings. The molecule has 1 heterocycles. The fourth-order valence-electron chi connectivity index (χ4n) is 4.88. The van der Waals surface area contributed by atoms with Gasteiger partial charge in [0.05, 0.1) is 13.0 Å². The number of esters is 2. The van der Waals surface area contributed by atoms with Crippen LogP contribution in [0.1, 0.15) is 94.4 Å². The van der Waals surface area contributed by atoms with Crippen LogP contribution < -0.4 is 5.32 Å². The van der Waals surface area contributed by atoms with Crippen LogP contribution in [0, 0.1) is 17.8 Å². The van der Waals surface area contributed by atoms with Crippen LogP contribution in [0.4, 0.5) is 0 Å². The standard InChI is InChI=1S/C32H47N3O6S/c1-9-21(4)15-29(37)35(7)27(20(2)3)18-28(41-23(6)36)31-34-26(19-42-31)30(38)33-25(16-22(5)32(39)40-8)17-24-13-11-10-12-14-24/h10-14,19-22,25,27-28H,9,15-18H2,1-8H3,(H,33,38)/t21-,22-,25+,27+,28+/m0/s1. The number of carbonyl (C=O) groups excluding carboxylic acids is 4. The molecule has 2 amide bonds. The first-order valence-corrected chi connectivity index (χ1v) is 15.5. The minimum Gasteiger partial charge on any atom is -0.469 e. The van der Waals surface area contributed by atoms with Gasteiger partial charge in [0.1, 0.15) is 10.7 Å². The minimum atomic E-state index is -0.709. The van der Waals surface area contributed by atoms with E-state index in [0.717, 1.165) is 12.0 Å². The third kappa shape index (κ3) is 10.9. The summed E-state index contributed by atoms with van der Waals surface area (Å²) in [5.41, 5.74) is 1.23. The highest BCUT2D eigenvalue weighted by Crippen LogP contribution is 2.31. The van der Waals surface area contributed by atoms with Crippen LogP contribution >= 0.6 is 11.3 Å². The molecular formula is C32H47N3O6S. The van der Waals surface area contributed by atoms with E-state index < -0.39 is 18.0 Å². The maximum Gasteiger partial charge on any atom is 0.308 e. The maximum atomic E-state index is 13.3. The van der Waals surface area contributed by atoms with Gasteiger partial charge in [0.15, 0.2) is 6.10 Å². The molecule has 0 unspecified atom stereocenters. The normalized spacial score (nSPS) is 14.8. The molecule has 9 nitrogen and oxygen atoms in total. The highest BCUT2D eigenvalue weighted by Gasteiger charge is 2.31.